The van der Waals surface area contributed by atoms with Crippen LogP contribution >= 0.6 is 0 Å². The van der Waals surface area contributed by atoms with Gasteiger partial charge in [-0.2, -0.15) is 111 Å². The number of rotatable bonds is 6. The number of hydrogen-bond donors (Lipinski definition) is 0. The van der Waals surface area contributed by atoms with Gasteiger partial charge in [0.1, 0.15) is 0 Å². The van der Waals surface area contributed by atoms with Crippen molar-refractivity contribution in [2.24, 2.45) is 0 Å². The van der Waals surface area contributed by atoms with E-state index in [0.29, 0.717) is 0 Å². The van der Waals surface area contributed by atoms with Crippen LogP contribution in [-0.2, 0) is 60.3 Å². The van der Waals surface area contributed by atoms with Crippen molar-refractivity contribution in [1.82, 2.24) is 33.1 Å². The van der Waals surface area contributed by atoms with E-state index in [-0.39, 0.29) is 60.3 Å². The number of para-hydroxylation sites is 9. The Morgan fingerprint density at radius 3 is 1.08 bits per heavy atom. The molecule has 0 amide bonds. The van der Waals surface area contributed by atoms with E-state index >= 15 is 0 Å². The Bertz CT molecular complexity index is 8880. The molecular formula is C126H92Ir3N13. The van der Waals surface area contributed by atoms with Gasteiger partial charge in [0, 0.05) is 103 Å². The summed E-state index contributed by atoms with van der Waals surface area (Å²) in [6.45, 7) is 19.2. The van der Waals surface area contributed by atoms with Gasteiger partial charge in [-0.1, -0.05) is 209 Å². The maximum Gasteiger partial charge on any atom is 3.00 e. The number of aryl methyl sites for hydroxylation is 6. The molecule has 19 aromatic carbocycles. The molecule has 0 saturated carbocycles. The molecule has 0 N–H and O–H groups in total. The molecule has 10 heterocycles. The second-order valence-electron chi connectivity index (χ2n) is 36.1. The maximum absolute atomic E-state index is 5.20. The predicted octanol–water partition coefficient (Wildman–Crippen LogP) is 30.8. The van der Waals surface area contributed by atoms with Gasteiger partial charge < -0.3 is 42.6 Å². The van der Waals surface area contributed by atoms with Crippen molar-refractivity contribution in [3.8, 4) is 33.8 Å². The van der Waals surface area contributed by atoms with E-state index in [1.165, 1.54) is 176 Å². The number of anilines is 9. The maximum atomic E-state index is 5.20. The Hall–Kier alpha value is -15.5. The standard InChI is InChI=1S/C31H21N2.C29H19N2.C24H16N3.3C14H12N2.3Ir/c1-19-10-9-11-20(2)28(19)27-18-33-30-25-16-7-4-13-22(25)21-12-3-5-14-23(21)29(30)24-15-6-8-17-26(24)31(33)32-27;1-17-7-5-8-18(2)25(17)24-16-31-28-22-11-4-3-9-20(22)15-21-14-13-19-10-6-12-23(29(31)30-24)26(19)27(21)28;1-14-5-3-6-15(2)21(14)19-13-27-20-11-12-25-18-10-9-16-7-4-8-17(24(27)26-19)22(16)23(18)20;3*1-15-11-16(12-7-3-2-4-8-12)14-10-6-5-9-13(14)15;;;/h3-16,18H,1-2H3;3-11,13-16H,1-2H3;3-7,9-13H,1-2H3;3*2-7,9-11H,1H3;;;/q3*-1;3*-2;3*+3. The average molecular weight is 2360 g/mol. The minimum atomic E-state index is 0. The molecule has 0 fully saturated rings. The van der Waals surface area contributed by atoms with Crippen LogP contribution in [0.4, 0.5) is 51.2 Å². The summed E-state index contributed by atoms with van der Waals surface area (Å²) < 4.78 is 6.79. The monoisotopic (exact) mass is 2370 g/mol. The minimum absolute atomic E-state index is 0. The summed E-state index contributed by atoms with van der Waals surface area (Å²) >= 11 is 0. The summed E-state index contributed by atoms with van der Waals surface area (Å²) in [7, 11) is 6.17. The predicted molar refractivity (Wildman–Crippen MR) is 579 cm³/mol. The number of pyridine rings is 4. The first-order chi connectivity index (χ1) is 68.2. The molecule has 0 aliphatic carbocycles. The SMILES string of the molecule is CN1[CH-]N(c2[c-]cccc2)c2ccccc21.CN1[CH-]N(c2[c-]cccc2)c2ccccc21.CN1[CH-]N(c2[c-]cccc2)c2ccccc21.Cc1cccc(C)c1-c1cn2c(n1)c1[c-]ccc3ccc4cc5ccccc5c2c4c31.Cc1cccc(C)c1-c1cn2c(n1)c1[c-]cccc1c1c3ccccc3c3ccccc3c12.Cc1cccc(C)c1-c1cn2c3ccnc4ccc5cc[c-]c(c5c43)c2n1.[Ir+3].[Ir+3].[Ir+3]. The zero-order valence-corrected chi connectivity index (χ0v) is 86.5. The summed E-state index contributed by atoms with van der Waals surface area (Å²) in [6, 6.07) is 142. The van der Waals surface area contributed by atoms with E-state index in [2.05, 4.69) is 464 Å². The van der Waals surface area contributed by atoms with Crippen molar-refractivity contribution < 1.29 is 60.3 Å². The van der Waals surface area contributed by atoms with Gasteiger partial charge in [-0.3, -0.25) is 19.9 Å². The van der Waals surface area contributed by atoms with Gasteiger partial charge in [-0.15, -0.1) is 93.9 Å². The Morgan fingerprint density at radius 2 is 0.613 bits per heavy atom. The van der Waals surface area contributed by atoms with Gasteiger partial charge in [0.05, 0.1) is 39.5 Å². The smallest absolute Gasteiger partial charge is 0.504 e. The fraction of sp³-hybridized carbons (Fsp3) is 0.0714. The zero-order chi connectivity index (χ0) is 93.8. The normalized spacial score (nSPS) is 12.5. The fourth-order valence-electron chi connectivity index (χ4n) is 21.2. The van der Waals surface area contributed by atoms with Crippen molar-refractivity contribution in [3.05, 3.63) is 466 Å². The molecule has 29 rings (SSSR count). The quantitative estimate of drug-likeness (QED) is 0.0912. The summed E-state index contributed by atoms with van der Waals surface area (Å²) in [4.78, 5) is 32.9. The van der Waals surface area contributed by atoms with Gasteiger partial charge >= 0.3 is 60.3 Å². The van der Waals surface area contributed by atoms with Crippen LogP contribution in [0, 0.1) is 97.9 Å². The number of aromatic nitrogens is 7. The Balaban J connectivity index is 0.000000103. The van der Waals surface area contributed by atoms with E-state index in [1.807, 2.05) is 79.0 Å². The van der Waals surface area contributed by atoms with Crippen LogP contribution in [0.25, 0.3) is 170 Å². The Morgan fingerprint density at radius 1 is 0.254 bits per heavy atom. The second kappa shape index (κ2) is 38.6. The van der Waals surface area contributed by atoms with Gasteiger partial charge in [-0.05, 0) is 194 Å². The zero-order valence-electron chi connectivity index (χ0n) is 79.3. The van der Waals surface area contributed by atoms with Crippen molar-refractivity contribution in [2.45, 2.75) is 41.5 Å². The molecule has 0 saturated heterocycles. The Labute approximate surface area is 865 Å². The summed E-state index contributed by atoms with van der Waals surface area (Å²) in [5.41, 5.74) is 32.1. The van der Waals surface area contributed by atoms with Crippen LogP contribution in [0.5, 0.6) is 0 Å². The second-order valence-corrected chi connectivity index (χ2v) is 36.1. The molecular weight excluding hydrogens is 2270 g/mol. The van der Waals surface area contributed by atoms with Gasteiger partial charge in [0.15, 0.2) is 0 Å². The molecule has 0 bridgehead atoms. The average Bonchev–Trinajstić information content (AvgIpc) is 1.68. The first-order valence-corrected chi connectivity index (χ1v) is 47.0. The number of fused-ring (bicyclic) bond motifs is 22. The molecule has 7 aromatic heterocycles. The Kier molecular flexibility index (Phi) is 25.3. The van der Waals surface area contributed by atoms with Crippen molar-refractivity contribution >= 4 is 187 Å². The molecule has 0 atom stereocenters. The molecule has 3 aliphatic rings. The first-order valence-electron chi connectivity index (χ1n) is 47.0. The first kappa shape index (κ1) is 92.9. The third-order valence-electron chi connectivity index (χ3n) is 27.5. The van der Waals surface area contributed by atoms with E-state index in [0.717, 1.165) is 78.3 Å². The van der Waals surface area contributed by atoms with Gasteiger partial charge in [0.25, 0.3) is 0 Å². The van der Waals surface area contributed by atoms with Gasteiger partial charge in [0.2, 0.25) is 0 Å². The summed E-state index contributed by atoms with van der Waals surface area (Å²) in [6.07, 6.45) is 8.47. The van der Waals surface area contributed by atoms with Crippen LogP contribution in [0.3, 0.4) is 0 Å². The fourth-order valence-corrected chi connectivity index (χ4v) is 21.2. The third kappa shape index (κ3) is 16.1. The number of hydrogen-bond acceptors (Lipinski definition) is 10. The van der Waals surface area contributed by atoms with Crippen molar-refractivity contribution in [2.75, 3.05) is 50.5 Å². The number of benzene rings is 19. The van der Waals surface area contributed by atoms with E-state index < -0.39 is 0 Å². The molecule has 26 aromatic rings. The van der Waals surface area contributed by atoms with Crippen LogP contribution in [0.2, 0.25) is 0 Å². The van der Waals surface area contributed by atoms with Crippen LogP contribution in [0.15, 0.2) is 377 Å². The summed E-state index contributed by atoms with van der Waals surface area (Å²) in [5, 5.41) is 21.8. The third-order valence-corrected chi connectivity index (χ3v) is 27.5. The molecule has 0 spiro atoms. The molecule has 0 radical (unpaired) electrons. The topological polar surface area (TPSA) is 84.2 Å². The van der Waals surface area contributed by atoms with Gasteiger partial charge in [-0.25, -0.2) is 0 Å². The number of imidazole rings is 3. The van der Waals surface area contributed by atoms with Crippen molar-refractivity contribution in [3.63, 3.8) is 0 Å². The molecule has 0 unspecified atom stereocenters. The molecule has 142 heavy (non-hydrogen) atoms. The van der Waals surface area contributed by atoms with Crippen LogP contribution in [0.1, 0.15) is 33.4 Å². The van der Waals surface area contributed by atoms with E-state index in [1.54, 1.807) is 0 Å². The van der Waals surface area contributed by atoms with Crippen LogP contribution < -0.4 is 29.4 Å². The molecule has 3 aliphatic heterocycles. The molecule has 16 heteroatoms. The largest absolute Gasteiger partial charge is 3.00 e. The summed E-state index contributed by atoms with van der Waals surface area (Å²) in [5.74, 6) is 0. The number of nitrogens with zero attached hydrogens (tertiary/aromatic N) is 13. The van der Waals surface area contributed by atoms with E-state index in [4.69, 9.17) is 15.0 Å². The molecule has 13 nitrogen and oxygen atoms in total. The molecule has 688 valence electrons. The minimum Gasteiger partial charge on any atom is -0.504 e. The van der Waals surface area contributed by atoms with Crippen molar-refractivity contribution in [1.29, 1.82) is 0 Å². The van der Waals surface area contributed by atoms with Crippen LogP contribution in [-0.4, -0.2) is 54.3 Å². The van der Waals surface area contributed by atoms with E-state index in [9.17, 15) is 0 Å².